The average molecular weight is 391 g/mol. The molecule has 0 spiro atoms. The van der Waals surface area contributed by atoms with E-state index in [0.717, 1.165) is 33.4 Å². The third-order valence-electron chi connectivity index (χ3n) is 5.30. The molecule has 0 saturated carbocycles. The maximum atomic E-state index is 13.8. The highest BCUT2D eigenvalue weighted by Crippen LogP contribution is 2.29. The highest BCUT2D eigenvalue weighted by atomic mass is 19.1. The van der Waals surface area contributed by atoms with Crippen LogP contribution in [0.25, 0.3) is 16.6 Å². The van der Waals surface area contributed by atoms with Crippen molar-refractivity contribution in [1.29, 1.82) is 0 Å². The normalized spacial score (nSPS) is 11.2. The van der Waals surface area contributed by atoms with Gasteiger partial charge in [0.05, 0.1) is 6.33 Å². The Balaban J connectivity index is 1.68. The molecule has 0 amide bonds. The molecule has 0 aliphatic rings. The van der Waals surface area contributed by atoms with Gasteiger partial charge in [-0.1, -0.05) is 12.1 Å². The van der Waals surface area contributed by atoms with Gasteiger partial charge >= 0.3 is 5.97 Å². The van der Waals surface area contributed by atoms with Crippen molar-refractivity contribution in [3.63, 3.8) is 0 Å². The van der Waals surface area contributed by atoms with Crippen LogP contribution in [0.2, 0.25) is 0 Å². The topological polar surface area (TPSA) is 60.0 Å². The van der Waals surface area contributed by atoms with Gasteiger partial charge in [-0.2, -0.15) is 0 Å². The SMILES string of the molecule is Cc1c(CCCC(=O)O)n(Cc2ccc(-n3ccnc3)cc2)c2ccc(F)cc12. The summed E-state index contributed by atoms with van der Waals surface area (Å²) < 4.78 is 17.9. The quantitative estimate of drug-likeness (QED) is 0.495. The summed E-state index contributed by atoms with van der Waals surface area (Å²) in [7, 11) is 0. The third kappa shape index (κ3) is 3.92. The van der Waals surface area contributed by atoms with E-state index in [1.165, 1.54) is 6.07 Å². The first kappa shape index (κ1) is 18.9. The van der Waals surface area contributed by atoms with Crippen molar-refractivity contribution in [2.75, 3.05) is 0 Å². The summed E-state index contributed by atoms with van der Waals surface area (Å²) in [6.07, 6.45) is 6.70. The summed E-state index contributed by atoms with van der Waals surface area (Å²) in [6, 6.07) is 13.1. The van der Waals surface area contributed by atoms with E-state index in [0.29, 0.717) is 19.4 Å². The van der Waals surface area contributed by atoms with Crippen molar-refractivity contribution < 1.29 is 14.3 Å². The number of hydrogen-bond donors (Lipinski definition) is 1. The molecule has 1 N–H and O–H groups in total. The molecule has 0 radical (unpaired) electrons. The fourth-order valence-corrected chi connectivity index (χ4v) is 3.83. The maximum Gasteiger partial charge on any atom is 0.303 e. The van der Waals surface area contributed by atoms with Crippen LogP contribution >= 0.6 is 0 Å². The fourth-order valence-electron chi connectivity index (χ4n) is 3.83. The molecular formula is C23H22FN3O2. The molecule has 0 aliphatic carbocycles. The fraction of sp³-hybridized carbons (Fsp3) is 0.217. The van der Waals surface area contributed by atoms with E-state index in [9.17, 15) is 9.18 Å². The Bertz CT molecular complexity index is 1150. The zero-order chi connectivity index (χ0) is 20.4. The zero-order valence-corrected chi connectivity index (χ0v) is 16.2. The maximum absolute atomic E-state index is 13.8. The molecule has 4 aromatic rings. The molecule has 148 valence electrons. The van der Waals surface area contributed by atoms with Crippen molar-refractivity contribution >= 4 is 16.9 Å². The number of fused-ring (bicyclic) bond motifs is 1. The lowest BCUT2D eigenvalue weighted by atomic mass is 10.1. The molecule has 0 aliphatic heterocycles. The minimum absolute atomic E-state index is 0.120. The number of nitrogens with zero attached hydrogens (tertiary/aromatic N) is 3. The third-order valence-corrected chi connectivity index (χ3v) is 5.30. The van der Waals surface area contributed by atoms with Crippen LogP contribution in [0.1, 0.15) is 29.7 Å². The van der Waals surface area contributed by atoms with E-state index in [2.05, 4.69) is 21.7 Å². The number of halogens is 1. The van der Waals surface area contributed by atoms with E-state index in [4.69, 9.17) is 5.11 Å². The molecule has 6 heteroatoms. The number of carboxylic acids is 1. The number of hydrogen-bond acceptors (Lipinski definition) is 2. The van der Waals surface area contributed by atoms with Gasteiger partial charge in [-0.3, -0.25) is 4.79 Å². The van der Waals surface area contributed by atoms with Gasteiger partial charge in [0, 0.05) is 47.6 Å². The van der Waals surface area contributed by atoms with E-state index >= 15 is 0 Å². The molecule has 2 heterocycles. The summed E-state index contributed by atoms with van der Waals surface area (Å²) >= 11 is 0. The van der Waals surface area contributed by atoms with Crippen LogP contribution in [0.15, 0.2) is 61.2 Å². The van der Waals surface area contributed by atoms with Crippen LogP contribution in [0.5, 0.6) is 0 Å². The first-order valence-electron chi connectivity index (χ1n) is 9.59. The van der Waals surface area contributed by atoms with Gasteiger partial charge in [0.15, 0.2) is 0 Å². The number of rotatable bonds is 7. The van der Waals surface area contributed by atoms with Crippen LogP contribution in [0, 0.1) is 12.7 Å². The van der Waals surface area contributed by atoms with E-state index in [1.54, 1.807) is 24.7 Å². The van der Waals surface area contributed by atoms with Crippen LogP contribution in [-0.2, 0) is 17.8 Å². The van der Waals surface area contributed by atoms with E-state index < -0.39 is 5.97 Å². The number of aliphatic carboxylic acids is 1. The summed E-state index contributed by atoms with van der Waals surface area (Å²) in [6.45, 7) is 2.62. The summed E-state index contributed by atoms with van der Waals surface area (Å²) in [5.41, 5.74) is 5.19. The molecule has 0 saturated heterocycles. The number of carbonyl (C=O) groups is 1. The number of imidazole rings is 1. The van der Waals surface area contributed by atoms with Gasteiger partial charge in [-0.15, -0.1) is 0 Å². The molecule has 2 aromatic heterocycles. The van der Waals surface area contributed by atoms with Crippen LogP contribution in [0.3, 0.4) is 0 Å². The van der Waals surface area contributed by atoms with Crippen LogP contribution < -0.4 is 0 Å². The minimum Gasteiger partial charge on any atom is -0.481 e. The summed E-state index contributed by atoms with van der Waals surface area (Å²) in [5, 5.41) is 9.86. The first-order valence-corrected chi connectivity index (χ1v) is 9.59. The van der Waals surface area contributed by atoms with Crippen molar-refractivity contribution in [1.82, 2.24) is 14.1 Å². The Kier molecular flexibility index (Phi) is 5.16. The Labute approximate surface area is 168 Å². The van der Waals surface area contributed by atoms with Crippen molar-refractivity contribution in [3.8, 4) is 5.69 Å². The van der Waals surface area contributed by atoms with Gasteiger partial charge in [-0.25, -0.2) is 9.37 Å². The average Bonchev–Trinajstić information content (AvgIpc) is 3.32. The van der Waals surface area contributed by atoms with Crippen LogP contribution in [-0.4, -0.2) is 25.2 Å². The van der Waals surface area contributed by atoms with Gasteiger partial charge < -0.3 is 14.2 Å². The molecule has 29 heavy (non-hydrogen) atoms. The predicted octanol–water partition coefficient (Wildman–Crippen LogP) is 4.73. The smallest absolute Gasteiger partial charge is 0.303 e. The van der Waals surface area contributed by atoms with Gasteiger partial charge in [0.2, 0.25) is 0 Å². The molecule has 4 rings (SSSR count). The Morgan fingerprint density at radius 2 is 1.97 bits per heavy atom. The monoisotopic (exact) mass is 391 g/mol. The van der Waals surface area contributed by atoms with E-state index in [-0.39, 0.29) is 12.2 Å². The summed E-state index contributed by atoms with van der Waals surface area (Å²) in [5.74, 6) is -1.06. The van der Waals surface area contributed by atoms with Gasteiger partial charge in [0.1, 0.15) is 5.82 Å². The number of benzene rings is 2. The van der Waals surface area contributed by atoms with Gasteiger partial charge in [0.25, 0.3) is 0 Å². The first-order chi connectivity index (χ1) is 14.0. The van der Waals surface area contributed by atoms with Crippen LogP contribution in [0.4, 0.5) is 4.39 Å². The lowest BCUT2D eigenvalue weighted by Gasteiger charge is -2.12. The second kappa shape index (κ2) is 7.91. The molecule has 0 atom stereocenters. The molecule has 5 nitrogen and oxygen atoms in total. The van der Waals surface area contributed by atoms with Gasteiger partial charge in [-0.05, 0) is 61.2 Å². The number of aromatic nitrogens is 3. The largest absolute Gasteiger partial charge is 0.481 e. The second-order valence-electron chi connectivity index (χ2n) is 7.20. The molecule has 2 aromatic carbocycles. The number of carboxylic acid groups (broad SMARTS) is 1. The standard InChI is InChI=1S/C23H22FN3O2/c1-16-20-13-18(24)7-10-22(20)27(21(16)3-2-4-23(28)29)14-17-5-8-19(9-6-17)26-12-11-25-15-26/h5-13,15H,2-4,14H2,1H3,(H,28,29). The molecule has 0 fully saturated rings. The van der Waals surface area contributed by atoms with Crippen molar-refractivity contribution in [2.24, 2.45) is 0 Å². The highest BCUT2D eigenvalue weighted by Gasteiger charge is 2.15. The van der Waals surface area contributed by atoms with E-state index in [1.807, 2.05) is 29.8 Å². The second-order valence-corrected chi connectivity index (χ2v) is 7.20. The lowest BCUT2D eigenvalue weighted by molar-refractivity contribution is -0.137. The van der Waals surface area contributed by atoms with Crippen molar-refractivity contribution in [2.45, 2.75) is 32.7 Å². The summed E-state index contributed by atoms with van der Waals surface area (Å²) in [4.78, 5) is 15.0. The lowest BCUT2D eigenvalue weighted by Crippen LogP contribution is -2.07. The molecule has 0 bridgehead atoms. The molecule has 0 unspecified atom stereocenters. The molecular weight excluding hydrogens is 369 g/mol. The number of aryl methyl sites for hydroxylation is 1. The Morgan fingerprint density at radius 1 is 1.17 bits per heavy atom. The Hall–Kier alpha value is -3.41. The predicted molar refractivity (Wildman–Crippen MR) is 110 cm³/mol. The highest BCUT2D eigenvalue weighted by molar-refractivity contribution is 5.85. The zero-order valence-electron chi connectivity index (χ0n) is 16.2. The minimum atomic E-state index is -0.800. The van der Waals surface area contributed by atoms with Crippen molar-refractivity contribution in [3.05, 3.63) is 83.8 Å². The Morgan fingerprint density at radius 3 is 2.66 bits per heavy atom.